The molecule has 1 aromatic carbocycles. The second-order valence-corrected chi connectivity index (χ2v) is 9.25. The van der Waals surface area contributed by atoms with Crippen LogP contribution in [-0.4, -0.2) is 84.9 Å². The lowest BCUT2D eigenvalue weighted by atomic mass is 10.1. The molecule has 0 radical (unpaired) electrons. The number of hydrogen-bond acceptors (Lipinski definition) is 8. The molecular formula is C28H34N6O3. The fraction of sp³-hybridized carbons (Fsp3) is 0.429. The van der Waals surface area contributed by atoms with Gasteiger partial charge in [-0.25, -0.2) is 15.0 Å². The standard InChI is InChI=1S/C28H34N6O3/c1-33(2)16-7-14-26(35)34-17-15-22(19-34)32-28-27-23(29-20-30-28)11-6-9-21(31-27)10-8-18-37-25-13-5-4-12-24(25)36-3/h4-5,7,12-14,20,22H,6,9,11,15-19H2,1-3H3,(H,29,30,32). The maximum atomic E-state index is 12.5. The number of aryl methyl sites for hydroxylation is 1. The number of fused-ring (bicyclic) bond motifs is 1. The van der Waals surface area contributed by atoms with E-state index in [9.17, 15) is 4.79 Å². The van der Waals surface area contributed by atoms with Crippen LogP contribution in [0.1, 0.15) is 25.0 Å². The van der Waals surface area contributed by atoms with Crippen molar-refractivity contribution in [2.75, 3.05) is 52.8 Å². The molecule has 9 heteroatoms. The molecule has 1 fully saturated rings. The van der Waals surface area contributed by atoms with Crippen molar-refractivity contribution in [1.82, 2.24) is 19.8 Å². The summed E-state index contributed by atoms with van der Waals surface area (Å²) in [5.41, 5.74) is 2.44. The average molecular weight is 503 g/mol. The Labute approximate surface area is 218 Å². The van der Waals surface area contributed by atoms with Crippen molar-refractivity contribution in [1.29, 1.82) is 0 Å². The van der Waals surface area contributed by atoms with Gasteiger partial charge in [-0.1, -0.05) is 24.1 Å². The Hall–Kier alpha value is -3.90. The lowest BCUT2D eigenvalue weighted by molar-refractivity contribution is -0.125. The van der Waals surface area contributed by atoms with Gasteiger partial charge in [0.2, 0.25) is 5.91 Å². The minimum Gasteiger partial charge on any atom is -0.493 e. The highest BCUT2D eigenvalue weighted by Gasteiger charge is 2.26. The average Bonchev–Trinajstić information content (AvgIpc) is 3.26. The van der Waals surface area contributed by atoms with Gasteiger partial charge in [0.25, 0.3) is 0 Å². The number of likely N-dealkylation sites (tertiary alicyclic amines) is 1. The van der Waals surface area contributed by atoms with Crippen molar-refractivity contribution in [3.8, 4) is 23.3 Å². The Kier molecular flexibility index (Phi) is 9.11. The highest BCUT2D eigenvalue weighted by Crippen LogP contribution is 2.31. The third-order valence-corrected chi connectivity index (χ3v) is 6.15. The van der Waals surface area contributed by atoms with Gasteiger partial charge < -0.3 is 24.6 Å². The van der Waals surface area contributed by atoms with Crippen LogP contribution in [0.4, 0.5) is 11.5 Å². The first kappa shape index (κ1) is 26.2. The number of aliphatic imine (C=N–C) groups is 1. The van der Waals surface area contributed by atoms with E-state index in [1.165, 1.54) is 0 Å². The number of amides is 1. The van der Waals surface area contributed by atoms with E-state index in [-0.39, 0.29) is 18.6 Å². The Morgan fingerprint density at radius 1 is 1.24 bits per heavy atom. The minimum absolute atomic E-state index is 0.0404. The van der Waals surface area contributed by atoms with Crippen LogP contribution in [0.3, 0.4) is 0 Å². The fourth-order valence-corrected chi connectivity index (χ4v) is 4.26. The first-order valence-electron chi connectivity index (χ1n) is 12.6. The molecule has 4 rings (SSSR count). The largest absolute Gasteiger partial charge is 0.493 e. The number of hydrogen-bond donors (Lipinski definition) is 1. The number of anilines is 1. The zero-order valence-corrected chi connectivity index (χ0v) is 21.7. The molecule has 2 aliphatic rings. The molecule has 37 heavy (non-hydrogen) atoms. The van der Waals surface area contributed by atoms with Gasteiger partial charge in [-0.3, -0.25) is 4.79 Å². The van der Waals surface area contributed by atoms with Crippen LogP contribution in [0.15, 0.2) is 47.7 Å². The predicted molar refractivity (Wildman–Crippen MR) is 145 cm³/mol. The molecule has 9 nitrogen and oxygen atoms in total. The summed E-state index contributed by atoms with van der Waals surface area (Å²) in [5.74, 6) is 8.31. The first-order chi connectivity index (χ1) is 18.0. The molecule has 0 saturated carbocycles. The number of aromatic nitrogens is 2. The number of rotatable bonds is 8. The van der Waals surface area contributed by atoms with Crippen LogP contribution in [-0.2, 0) is 11.2 Å². The van der Waals surface area contributed by atoms with Gasteiger partial charge >= 0.3 is 0 Å². The van der Waals surface area contributed by atoms with Crippen LogP contribution in [0.25, 0.3) is 0 Å². The number of methoxy groups -OCH3 is 1. The fourth-order valence-electron chi connectivity index (χ4n) is 4.26. The summed E-state index contributed by atoms with van der Waals surface area (Å²) in [6, 6.07) is 7.60. The van der Waals surface area contributed by atoms with Crippen LogP contribution >= 0.6 is 0 Å². The monoisotopic (exact) mass is 502 g/mol. The lowest BCUT2D eigenvalue weighted by Gasteiger charge is -2.17. The van der Waals surface area contributed by atoms with Crippen molar-refractivity contribution in [3.63, 3.8) is 0 Å². The smallest absolute Gasteiger partial charge is 0.246 e. The minimum atomic E-state index is 0.0404. The maximum absolute atomic E-state index is 12.5. The SMILES string of the molecule is COc1ccccc1OCC#CC1=Nc2c(ncnc2NC2CCN(C(=O)C=CCN(C)C)C2)CCC1. The lowest BCUT2D eigenvalue weighted by Crippen LogP contribution is -2.30. The third kappa shape index (κ3) is 7.30. The predicted octanol–water partition coefficient (Wildman–Crippen LogP) is 3.11. The number of carbonyl (C=O) groups excluding carboxylic acids is 1. The van der Waals surface area contributed by atoms with Crippen molar-refractivity contribution < 1.29 is 14.3 Å². The number of likely N-dealkylation sites (N-methyl/N-ethyl adjacent to an activating group) is 1. The van der Waals surface area contributed by atoms with Crippen LogP contribution in [0.5, 0.6) is 11.5 Å². The molecule has 194 valence electrons. The van der Waals surface area contributed by atoms with E-state index in [1.807, 2.05) is 54.2 Å². The number of ether oxygens (including phenoxy) is 2. The summed E-state index contributed by atoms with van der Waals surface area (Å²) in [5, 5.41) is 3.51. The van der Waals surface area contributed by atoms with Crippen LogP contribution < -0.4 is 14.8 Å². The van der Waals surface area contributed by atoms with E-state index >= 15 is 0 Å². The molecule has 0 bridgehead atoms. The van der Waals surface area contributed by atoms with Gasteiger partial charge in [-0.2, -0.15) is 0 Å². The highest BCUT2D eigenvalue weighted by molar-refractivity contribution is 6.03. The maximum Gasteiger partial charge on any atom is 0.246 e. The number of carbonyl (C=O) groups is 1. The van der Waals surface area contributed by atoms with E-state index < -0.39 is 0 Å². The van der Waals surface area contributed by atoms with Crippen molar-refractivity contribution in [2.24, 2.45) is 4.99 Å². The molecule has 0 aliphatic carbocycles. The molecule has 1 unspecified atom stereocenters. The van der Waals surface area contributed by atoms with Crippen molar-refractivity contribution in [2.45, 2.75) is 31.7 Å². The van der Waals surface area contributed by atoms with E-state index in [0.29, 0.717) is 30.4 Å². The second kappa shape index (κ2) is 12.9. The zero-order chi connectivity index (χ0) is 26.0. The molecule has 1 atom stereocenters. The quantitative estimate of drug-likeness (QED) is 0.438. The molecule has 1 N–H and O–H groups in total. The Bertz CT molecular complexity index is 1210. The summed E-state index contributed by atoms with van der Waals surface area (Å²) in [7, 11) is 5.57. The van der Waals surface area contributed by atoms with Gasteiger partial charge in [0.1, 0.15) is 18.6 Å². The van der Waals surface area contributed by atoms with Crippen molar-refractivity contribution >= 4 is 23.1 Å². The number of nitrogens with one attached hydrogen (secondary N) is 1. The molecule has 1 aromatic heterocycles. The number of para-hydroxylation sites is 2. The molecule has 2 aromatic rings. The van der Waals surface area contributed by atoms with E-state index in [2.05, 4.69) is 27.1 Å². The van der Waals surface area contributed by atoms with E-state index in [4.69, 9.17) is 14.5 Å². The van der Waals surface area contributed by atoms with Crippen LogP contribution in [0, 0.1) is 11.8 Å². The normalized spacial score (nSPS) is 17.0. The summed E-state index contributed by atoms with van der Waals surface area (Å²) in [6.07, 6.45) is 8.47. The topological polar surface area (TPSA) is 92.2 Å². The van der Waals surface area contributed by atoms with Gasteiger partial charge in [-0.05, 0) is 57.8 Å². The number of benzene rings is 1. The van der Waals surface area contributed by atoms with Gasteiger partial charge in [0.05, 0.1) is 18.5 Å². The Morgan fingerprint density at radius 3 is 2.89 bits per heavy atom. The van der Waals surface area contributed by atoms with E-state index in [0.717, 1.165) is 49.3 Å². The molecule has 1 amide bonds. The second-order valence-electron chi connectivity index (χ2n) is 9.25. The molecule has 2 aliphatic heterocycles. The highest BCUT2D eigenvalue weighted by atomic mass is 16.5. The van der Waals surface area contributed by atoms with Gasteiger partial charge in [-0.15, -0.1) is 0 Å². The summed E-state index contributed by atoms with van der Waals surface area (Å²) < 4.78 is 11.1. The van der Waals surface area contributed by atoms with Crippen molar-refractivity contribution in [3.05, 3.63) is 48.4 Å². The molecular weight excluding hydrogens is 468 g/mol. The van der Waals surface area contributed by atoms with Crippen LogP contribution in [0.2, 0.25) is 0 Å². The van der Waals surface area contributed by atoms with Gasteiger partial charge in [0, 0.05) is 31.8 Å². The number of nitrogens with zero attached hydrogens (tertiary/aromatic N) is 5. The molecule has 3 heterocycles. The Balaban J connectivity index is 1.41. The third-order valence-electron chi connectivity index (χ3n) is 6.15. The van der Waals surface area contributed by atoms with Gasteiger partial charge in [0.15, 0.2) is 17.3 Å². The summed E-state index contributed by atoms with van der Waals surface area (Å²) in [6.45, 7) is 2.31. The summed E-state index contributed by atoms with van der Waals surface area (Å²) >= 11 is 0. The Morgan fingerprint density at radius 2 is 2.08 bits per heavy atom. The first-order valence-corrected chi connectivity index (χ1v) is 12.6. The van der Waals surface area contributed by atoms with E-state index in [1.54, 1.807) is 19.5 Å². The molecule has 1 saturated heterocycles. The molecule has 0 spiro atoms. The summed E-state index contributed by atoms with van der Waals surface area (Å²) in [4.78, 5) is 30.2. The zero-order valence-electron chi connectivity index (χ0n) is 21.7.